The smallest absolute Gasteiger partial charge is 0.295 e. The molecule has 0 amide bonds. The van der Waals surface area contributed by atoms with Crippen molar-refractivity contribution < 1.29 is 28.1 Å². The molecule has 0 aliphatic carbocycles. The minimum Gasteiger partial charge on any atom is -0.506 e. The average Bonchev–Trinajstić information content (AvgIpc) is 2.73. The number of nitrogens with zero attached hydrogens (tertiary/aromatic N) is 3. The normalized spacial score (nSPS) is 12.0. The molecule has 4 rings (SSSR count). The van der Waals surface area contributed by atoms with Crippen LogP contribution >= 0.6 is 0 Å². The van der Waals surface area contributed by atoms with Gasteiger partial charge in [-0.15, -0.1) is 10.2 Å². The maximum absolute atomic E-state index is 11.7. The molecule has 0 saturated carbocycles. The van der Waals surface area contributed by atoms with Crippen molar-refractivity contribution in [2.45, 2.75) is 4.90 Å². The molecule has 31 heavy (non-hydrogen) atoms. The monoisotopic (exact) mass is 439 g/mol. The number of phenolic OH excluding ortho intramolecular Hbond substituents is 2. The van der Waals surface area contributed by atoms with E-state index in [1.165, 1.54) is 6.07 Å². The van der Waals surface area contributed by atoms with Crippen LogP contribution in [0.5, 0.6) is 11.5 Å². The zero-order valence-corrected chi connectivity index (χ0v) is 16.3. The molecule has 0 atom stereocenters. The summed E-state index contributed by atoms with van der Waals surface area (Å²) >= 11 is 0. The maximum atomic E-state index is 11.7. The summed E-state index contributed by atoms with van der Waals surface area (Å²) in [5, 5.41) is 40.9. The zero-order valence-electron chi connectivity index (χ0n) is 15.5. The average molecular weight is 439 g/mol. The van der Waals surface area contributed by atoms with Gasteiger partial charge in [-0.2, -0.15) is 8.42 Å². The van der Waals surface area contributed by atoms with E-state index in [9.17, 15) is 33.3 Å². The summed E-state index contributed by atoms with van der Waals surface area (Å²) < 4.78 is 32.9. The number of non-ortho nitro benzene ring substituents is 1. The van der Waals surface area contributed by atoms with Crippen LogP contribution < -0.4 is 0 Å². The molecule has 0 radical (unpaired) electrons. The van der Waals surface area contributed by atoms with Crippen molar-refractivity contribution in [1.29, 1.82) is 0 Å². The van der Waals surface area contributed by atoms with Gasteiger partial charge in [0.25, 0.3) is 15.8 Å². The van der Waals surface area contributed by atoms with Gasteiger partial charge < -0.3 is 10.2 Å². The molecule has 0 unspecified atom stereocenters. The maximum Gasteiger partial charge on any atom is 0.295 e. The second-order valence-corrected chi connectivity index (χ2v) is 7.95. The van der Waals surface area contributed by atoms with Gasteiger partial charge in [-0.3, -0.25) is 14.7 Å². The summed E-state index contributed by atoms with van der Waals surface area (Å²) in [6.07, 6.45) is 0. The van der Waals surface area contributed by atoms with Crippen LogP contribution in [0.2, 0.25) is 0 Å². The Hall–Kier alpha value is -4.09. The molecule has 0 aromatic heterocycles. The van der Waals surface area contributed by atoms with Crippen molar-refractivity contribution in [2.24, 2.45) is 10.2 Å². The molecule has 156 valence electrons. The summed E-state index contributed by atoms with van der Waals surface area (Å²) in [7, 11) is -4.74. The van der Waals surface area contributed by atoms with Gasteiger partial charge >= 0.3 is 0 Å². The third-order valence-corrected chi connectivity index (χ3v) is 5.55. The number of benzene rings is 4. The first-order valence-corrected chi connectivity index (χ1v) is 10.1. The molecule has 4 aromatic carbocycles. The first-order valence-electron chi connectivity index (χ1n) is 8.71. The first-order chi connectivity index (χ1) is 14.7. The minimum atomic E-state index is -4.74. The van der Waals surface area contributed by atoms with Gasteiger partial charge in [0.15, 0.2) is 5.75 Å². The van der Waals surface area contributed by atoms with E-state index in [0.29, 0.717) is 5.39 Å². The standard InChI is InChI=1S/C20H13N3O7S/c24-17-10-18(31(28,29)30)14-7-6-12(23(26)27)9-15(14)19(17)22-21-16-8-5-11-3-1-2-4-13(11)20(16)25/h1-10,24-25H,(H,28,29,30)/b22-21+. The Labute approximate surface area is 174 Å². The van der Waals surface area contributed by atoms with Crippen LogP contribution in [-0.4, -0.2) is 28.1 Å². The molecular weight excluding hydrogens is 426 g/mol. The van der Waals surface area contributed by atoms with E-state index in [4.69, 9.17) is 0 Å². The Bertz CT molecular complexity index is 1510. The van der Waals surface area contributed by atoms with E-state index < -0.39 is 25.7 Å². The van der Waals surface area contributed by atoms with Crippen molar-refractivity contribution in [3.8, 4) is 11.5 Å². The molecule has 3 N–H and O–H groups in total. The van der Waals surface area contributed by atoms with Crippen LogP contribution in [0.4, 0.5) is 17.1 Å². The van der Waals surface area contributed by atoms with E-state index >= 15 is 0 Å². The quantitative estimate of drug-likeness (QED) is 0.175. The van der Waals surface area contributed by atoms with Crippen LogP contribution in [0.25, 0.3) is 21.5 Å². The van der Waals surface area contributed by atoms with Crippen LogP contribution in [0.1, 0.15) is 0 Å². The van der Waals surface area contributed by atoms with E-state index in [0.717, 1.165) is 29.7 Å². The molecule has 0 heterocycles. The number of phenols is 2. The second kappa shape index (κ2) is 7.31. The minimum absolute atomic E-state index is 0.0653. The van der Waals surface area contributed by atoms with Crippen molar-refractivity contribution >= 4 is 48.7 Å². The Morgan fingerprint density at radius 1 is 0.871 bits per heavy atom. The molecule has 10 nitrogen and oxygen atoms in total. The van der Waals surface area contributed by atoms with Gasteiger partial charge in [-0.25, -0.2) is 0 Å². The highest BCUT2D eigenvalue weighted by molar-refractivity contribution is 7.86. The predicted octanol–water partition coefficient (Wildman–Crippen LogP) is 4.97. The van der Waals surface area contributed by atoms with E-state index in [1.807, 2.05) is 0 Å². The van der Waals surface area contributed by atoms with E-state index in [1.54, 1.807) is 30.3 Å². The number of fused-ring (bicyclic) bond motifs is 2. The van der Waals surface area contributed by atoms with Gasteiger partial charge in [-0.1, -0.05) is 30.3 Å². The van der Waals surface area contributed by atoms with Gasteiger partial charge in [0.1, 0.15) is 22.0 Å². The fourth-order valence-electron chi connectivity index (χ4n) is 3.21. The topological polar surface area (TPSA) is 163 Å². The lowest BCUT2D eigenvalue weighted by atomic mass is 10.1. The van der Waals surface area contributed by atoms with Crippen LogP contribution in [0.15, 0.2) is 75.8 Å². The number of nitro benzene ring substituents is 1. The second-order valence-electron chi connectivity index (χ2n) is 6.56. The lowest BCUT2D eigenvalue weighted by Gasteiger charge is -2.09. The lowest BCUT2D eigenvalue weighted by Crippen LogP contribution is -1.99. The summed E-state index contributed by atoms with van der Waals surface area (Å²) in [5.74, 6) is -0.837. The van der Waals surface area contributed by atoms with Gasteiger partial charge in [-0.05, 0) is 17.5 Å². The molecule has 0 bridgehead atoms. The predicted molar refractivity (Wildman–Crippen MR) is 112 cm³/mol. The summed E-state index contributed by atoms with van der Waals surface area (Å²) in [5.41, 5.74) is -0.585. The van der Waals surface area contributed by atoms with Crippen LogP contribution in [0.3, 0.4) is 0 Å². The number of hydrogen-bond acceptors (Lipinski definition) is 8. The third kappa shape index (κ3) is 3.63. The molecule has 0 aliphatic rings. The SMILES string of the molecule is O=[N+]([O-])c1ccc2c(S(=O)(=O)O)cc(O)c(/N=N/c3ccc4ccccc4c3O)c2c1. The van der Waals surface area contributed by atoms with E-state index in [-0.39, 0.29) is 33.6 Å². The highest BCUT2D eigenvalue weighted by Crippen LogP contribution is 2.42. The summed E-state index contributed by atoms with van der Waals surface area (Å²) in [6.45, 7) is 0. The van der Waals surface area contributed by atoms with E-state index in [2.05, 4.69) is 10.2 Å². The summed E-state index contributed by atoms with van der Waals surface area (Å²) in [4.78, 5) is 9.82. The number of nitro groups is 1. The van der Waals surface area contributed by atoms with Crippen molar-refractivity contribution in [3.63, 3.8) is 0 Å². The molecule has 0 aliphatic heterocycles. The number of hydrogen-bond donors (Lipinski definition) is 3. The van der Waals surface area contributed by atoms with Crippen LogP contribution in [0, 0.1) is 10.1 Å². The Morgan fingerprint density at radius 2 is 1.61 bits per heavy atom. The Balaban J connectivity index is 1.95. The van der Waals surface area contributed by atoms with Gasteiger partial charge in [0.2, 0.25) is 0 Å². The lowest BCUT2D eigenvalue weighted by molar-refractivity contribution is -0.384. The third-order valence-electron chi connectivity index (χ3n) is 4.66. The van der Waals surface area contributed by atoms with Crippen LogP contribution in [-0.2, 0) is 10.1 Å². The zero-order chi connectivity index (χ0) is 22.3. The van der Waals surface area contributed by atoms with Crippen molar-refractivity contribution in [2.75, 3.05) is 0 Å². The Kier molecular flexibility index (Phi) is 4.76. The Morgan fingerprint density at radius 3 is 2.32 bits per heavy atom. The number of rotatable bonds is 4. The van der Waals surface area contributed by atoms with Crippen molar-refractivity contribution in [3.05, 3.63) is 70.8 Å². The molecule has 4 aromatic rings. The summed E-state index contributed by atoms with van der Waals surface area (Å²) in [6, 6.07) is 14.2. The molecule has 0 saturated heterocycles. The number of aromatic hydroxyl groups is 2. The molecule has 0 spiro atoms. The largest absolute Gasteiger partial charge is 0.506 e. The molecular formula is C20H13N3O7S. The fourth-order valence-corrected chi connectivity index (χ4v) is 3.93. The van der Waals surface area contributed by atoms with Gasteiger partial charge in [0, 0.05) is 34.4 Å². The number of azo groups is 1. The molecule has 0 fully saturated rings. The van der Waals surface area contributed by atoms with Crippen molar-refractivity contribution in [1.82, 2.24) is 0 Å². The van der Waals surface area contributed by atoms with Gasteiger partial charge in [0.05, 0.1) is 4.92 Å². The fraction of sp³-hybridized carbons (Fsp3) is 0. The highest BCUT2D eigenvalue weighted by Gasteiger charge is 2.22. The highest BCUT2D eigenvalue weighted by atomic mass is 32.2. The first kappa shape index (κ1) is 20.2. The molecule has 11 heteroatoms.